The topological polar surface area (TPSA) is 92.6 Å². The molecule has 2 aromatic heterocycles. The third kappa shape index (κ3) is 8.10. The molecule has 6 rings (SSSR count). The second-order valence-electron chi connectivity index (χ2n) is 13.5. The summed E-state index contributed by atoms with van der Waals surface area (Å²) >= 11 is 10.1. The van der Waals surface area contributed by atoms with Crippen LogP contribution < -0.4 is 5.32 Å². The number of fused-ring (bicyclic) bond motifs is 2. The number of hydrogen-bond acceptors (Lipinski definition) is 6. The van der Waals surface area contributed by atoms with Gasteiger partial charge in [0.1, 0.15) is 11.6 Å². The SMILES string of the molecule is CC(C)(C)OC(=O)N1CCN(C2c3ccc(Cl)cc3CCc3cc(Br)cnc32)C[C@@H]1C(=O)NCCc1cncn1CCc1ccccc1. The minimum Gasteiger partial charge on any atom is -0.444 e. The van der Waals surface area contributed by atoms with Crippen LogP contribution in [0.4, 0.5) is 4.79 Å². The summed E-state index contributed by atoms with van der Waals surface area (Å²) in [6, 6.07) is 17.6. The number of piperazine rings is 1. The lowest BCUT2D eigenvalue weighted by Crippen LogP contribution is -2.61. The number of carbonyl (C=O) groups is 2. The first-order valence-electron chi connectivity index (χ1n) is 16.5. The highest BCUT2D eigenvalue weighted by atomic mass is 79.9. The molecule has 11 heteroatoms. The Bertz CT molecular complexity index is 1700. The van der Waals surface area contributed by atoms with Crippen LogP contribution in [0.15, 0.2) is 77.8 Å². The molecule has 1 saturated heterocycles. The summed E-state index contributed by atoms with van der Waals surface area (Å²) in [5, 5.41) is 3.83. The van der Waals surface area contributed by atoms with Gasteiger partial charge in [-0.25, -0.2) is 9.78 Å². The van der Waals surface area contributed by atoms with Crippen molar-refractivity contribution < 1.29 is 14.3 Å². The normalized spacial score (nSPS) is 18.1. The molecule has 4 aromatic rings. The van der Waals surface area contributed by atoms with Gasteiger partial charge in [-0.2, -0.15) is 0 Å². The van der Waals surface area contributed by atoms with Gasteiger partial charge in [-0.15, -0.1) is 0 Å². The van der Waals surface area contributed by atoms with Crippen molar-refractivity contribution in [2.24, 2.45) is 0 Å². The Labute approximate surface area is 295 Å². The fourth-order valence-corrected chi connectivity index (χ4v) is 7.24. The summed E-state index contributed by atoms with van der Waals surface area (Å²) in [4.78, 5) is 40.7. The van der Waals surface area contributed by atoms with Gasteiger partial charge in [-0.05, 0) is 96.4 Å². The van der Waals surface area contributed by atoms with Gasteiger partial charge in [0.05, 0.1) is 18.1 Å². The lowest BCUT2D eigenvalue weighted by molar-refractivity contribution is -0.129. The molecule has 1 aliphatic heterocycles. The molecule has 0 spiro atoms. The van der Waals surface area contributed by atoms with Gasteiger partial charge in [0, 0.05) is 66.7 Å². The molecule has 1 N–H and O–H groups in total. The van der Waals surface area contributed by atoms with E-state index < -0.39 is 17.7 Å². The van der Waals surface area contributed by atoms with Crippen LogP contribution in [0, 0.1) is 0 Å². The average molecular weight is 734 g/mol. The molecular formula is C37H42BrClN6O3. The fraction of sp³-hybridized carbons (Fsp3) is 0.405. The molecule has 2 aromatic carbocycles. The third-order valence-corrected chi connectivity index (χ3v) is 9.63. The highest BCUT2D eigenvalue weighted by molar-refractivity contribution is 9.10. The number of carbonyl (C=O) groups excluding carboxylic acids is 2. The predicted molar refractivity (Wildman–Crippen MR) is 190 cm³/mol. The van der Waals surface area contributed by atoms with Crippen LogP contribution in [0.1, 0.15) is 60.5 Å². The highest BCUT2D eigenvalue weighted by Gasteiger charge is 2.41. The zero-order valence-electron chi connectivity index (χ0n) is 27.7. The number of nitrogens with one attached hydrogen (secondary N) is 1. The summed E-state index contributed by atoms with van der Waals surface area (Å²) in [7, 11) is 0. The van der Waals surface area contributed by atoms with Gasteiger partial charge < -0.3 is 14.6 Å². The number of hydrogen-bond donors (Lipinski definition) is 1. The lowest BCUT2D eigenvalue weighted by atomic mass is 9.95. The van der Waals surface area contributed by atoms with E-state index in [4.69, 9.17) is 21.3 Å². The summed E-state index contributed by atoms with van der Waals surface area (Å²) in [6.07, 6.45) is 8.21. The van der Waals surface area contributed by atoms with Gasteiger partial charge in [-0.1, -0.05) is 48.0 Å². The van der Waals surface area contributed by atoms with E-state index in [1.807, 2.05) is 69.8 Å². The van der Waals surface area contributed by atoms with Crippen molar-refractivity contribution in [2.45, 2.75) is 70.7 Å². The molecule has 2 aliphatic rings. The van der Waals surface area contributed by atoms with Crippen molar-refractivity contribution in [2.75, 3.05) is 26.2 Å². The summed E-state index contributed by atoms with van der Waals surface area (Å²) < 4.78 is 8.84. The Morgan fingerprint density at radius 3 is 2.60 bits per heavy atom. The van der Waals surface area contributed by atoms with E-state index in [9.17, 15) is 9.59 Å². The van der Waals surface area contributed by atoms with Crippen molar-refractivity contribution in [1.29, 1.82) is 0 Å². The molecular weight excluding hydrogens is 692 g/mol. The molecule has 2 amide bonds. The number of amides is 2. The Morgan fingerprint density at radius 1 is 1.02 bits per heavy atom. The standard InChI is InChI=1S/C37H42BrClN6O3/c1-37(2,3)48-36(47)45-18-17-43(34-31-12-11-29(39)20-26(31)9-10-27-19-28(38)21-42-33(27)34)23-32(45)35(46)41-15-13-30-22-40-24-44(30)16-14-25-7-5-4-6-8-25/h4-8,11-12,19-22,24,32,34H,9-10,13-18,23H2,1-3H3,(H,41,46)/t32-,34?/m1/s1. The van der Waals surface area contributed by atoms with E-state index in [0.29, 0.717) is 37.6 Å². The van der Waals surface area contributed by atoms with Crippen LogP contribution in [0.3, 0.4) is 0 Å². The Morgan fingerprint density at radius 2 is 1.81 bits per heavy atom. The first-order chi connectivity index (χ1) is 23.1. The molecule has 3 heterocycles. The molecule has 48 heavy (non-hydrogen) atoms. The Kier molecular flexibility index (Phi) is 10.5. The highest BCUT2D eigenvalue weighted by Crippen LogP contribution is 2.38. The molecule has 9 nitrogen and oxygen atoms in total. The van der Waals surface area contributed by atoms with Crippen molar-refractivity contribution >= 4 is 39.5 Å². The monoisotopic (exact) mass is 732 g/mol. The average Bonchev–Trinajstić information content (AvgIpc) is 3.44. The van der Waals surface area contributed by atoms with Crippen LogP contribution in [-0.2, 0) is 41.8 Å². The molecule has 0 saturated carbocycles. The first kappa shape index (κ1) is 34.1. The smallest absolute Gasteiger partial charge is 0.411 e. The van der Waals surface area contributed by atoms with E-state index >= 15 is 0 Å². The van der Waals surface area contributed by atoms with E-state index in [0.717, 1.165) is 52.8 Å². The quantitative estimate of drug-likeness (QED) is 0.225. The number of halogens is 2. The Hall–Kier alpha value is -3.73. The first-order valence-corrected chi connectivity index (χ1v) is 17.7. The zero-order valence-corrected chi connectivity index (χ0v) is 30.0. The summed E-state index contributed by atoms with van der Waals surface area (Å²) in [6.45, 7) is 7.94. The zero-order chi connectivity index (χ0) is 33.8. The molecule has 1 aliphatic carbocycles. The van der Waals surface area contributed by atoms with E-state index in [-0.39, 0.29) is 11.9 Å². The van der Waals surface area contributed by atoms with Crippen LogP contribution in [0.25, 0.3) is 0 Å². The number of aryl methyl sites for hydroxylation is 4. The molecule has 0 bridgehead atoms. The number of imidazole rings is 1. The molecule has 252 valence electrons. The minimum atomic E-state index is -0.755. The van der Waals surface area contributed by atoms with Gasteiger partial charge in [0.2, 0.25) is 5.91 Å². The second-order valence-corrected chi connectivity index (χ2v) is 14.8. The number of ether oxygens (including phenoxy) is 1. The van der Waals surface area contributed by atoms with Gasteiger partial charge in [0.15, 0.2) is 0 Å². The predicted octanol–water partition coefficient (Wildman–Crippen LogP) is 6.40. The fourth-order valence-electron chi connectivity index (χ4n) is 6.67. The maximum absolute atomic E-state index is 14.0. The number of pyridine rings is 1. The largest absolute Gasteiger partial charge is 0.444 e. The van der Waals surface area contributed by atoms with Gasteiger partial charge >= 0.3 is 6.09 Å². The second kappa shape index (κ2) is 14.8. The summed E-state index contributed by atoms with van der Waals surface area (Å²) in [5.74, 6) is -0.213. The Balaban J connectivity index is 1.22. The van der Waals surface area contributed by atoms with Crippen LogP contribution in [0.5, 0.6) is 0 Å². The van der Waals surface area contributed by atoms with Crippen LogP contribution in [0.2, 0.25) is 5.02 Å². The van der Waals surface area contributed by atoms with Crippen molar-refractivity contribution in [3.05, 3.63) is 116 Å². The molecule has 0 radical (unpaired) electrons. The van der Waals surface area contributed by atoms with Crippen LogP contribution in [-0.4, -0.2) is 74.2 Å². The van der Waals surface area contributed by atoms with E-state index in [2.05, 4.69) is 60.0 Å². The molecule has 1 fully saturated rings. The number of benzene rings is 2. The molecule has 1 unspecified atom stereocenters. The maximum atomic E-state index is 14.0. The van der Waals surface area contributed by atoms with Crippen molar-refractivity contribution in [1.82, 2.24) is 29.7 Å². The minimum absolute atomic E-state index is 0.196. The molecule has 2 atom stereocenters. The number of rotatable bonds is 8. The van der Waals surface area contributed by atoms with E-state index in [1.165, 1.54) is 11.1 Å². The van der Waals surface area contributed by atoms with Gasteiger partial charge in [-0.3, -0.25) is 19.6 Å². The number of nitrogens with zero attached hydrogens (tertiary/aromatic N) is 5. The van der Waals surface area contributed by atoms with Crippen molar-refractivity contribution in [3.8, 4) is 0 Å². The number of aromatic nitrogens is 3. The van der Waals surface area contributed by atoms with Gasteiger partial charge in [0.25, 0.3) is 0 Å². The lowest BCUT2D eigenvalue weighted by Gasteiger charge is -2.44. The van der Waals surface area contributed by atoms with Crippen LogP contribution >= 0.6 is 27.5 Å². The maximum Gasteiger partial charge on any atom is 0.411 e. The van der Waals surface area contributed by atoms with E-state index in [1.54, 1.807) is 4.90 Å². The summed E-state index contributed by atoms with van der Waals surface area (Å²) in [5.41, 5.74) is 6.03. The van der Waals surface area contributed by atoms with Crippen molar-refractivity contribution in [3.63, 3.8) is 0 Å². The third-order valence-electron chi connectivity index (χ3n) is 8.96.